The predicted octanol–water partition coefficient (Wildman–Crippen LogP) is 3.64. The number of anilines is 1. The summed E-state index contributed by atoms with van der Waals surface area (Å²) in [5.41, 5.74) is 9.25. The van der Waals surface area contributed by atoms with Crippen LogP contribution in [0.25, 0.3) is 11.3 Å². The summed E-state index contributed by atoms with van der Waals surface area (Å²) in [5, 5.41) is 6.08. The van der Waals surface area contributed by atoms with E-state index in [9.17, 15) is 14.4 Å². The van der Waals surface area contributed by atoms with Crippen LogP contribution < -0.4 is 16.4 Å². The number of aromatic nitrogens is 2. The zero-order valence-corrected chi connectivity index (χ0v) is 19.8. The number of carbonyl (C=O) groups is 3. The zero-order chi connectivity index (χ0) is 23.9. The fourth-order valence-electron chi connectivity index (χ4n) is 4.73. The molecule has 0 unspecified atom stereocenters. The van der Waals surface area contributed by atoms with Gasteiger partial charge in [0.05, 0.1) is 16.3 Å². The molecule has 8 nitrogen and oxygen atoms in total. The molecule has 4 rings (SSSR count). The standard InChI is InChI=1S/C24H28ClN5O3/c1-13(31)28-15-6-4-5-14(7-15)23(33)29-21-9-16(18(25)11-27-21)19-8-17(22(26)32)20-10-24(2,3)12-30(19)20/h6,8-9,11,14H,4-5,7,10,12H2,1-3H3,(H2,26,32)(H,28,31)(H,27,29,33)/t14-/m0/s1. The first-order chi connectivity index (χ1) is 15.5. The molecule has 2 aromatic rings. The molecule has 33 heavy (non-hydrogen) atoms. The van der Waals surface area contributed by atoms with Crippen molar-refractivity contribution in [2.24, 2.45) is 17.1 Å². The summed E-state index contributed by atoms with van der Waals surface area (Å²) < 4.78 is 2.08. The molecule has 0 fully saturated rings. The number of hydrogen-bond acceptors (Lipinski definition) is 4. The topological polar surface area (TPSA) is 119 Å². The number of nitrogens with zero attached hydrogens (tertiary/aromatic N) is 2. The Morgan fingerprint density at radius 3 is 2.70 bits per heavy atom. The number of nitrogens with two attached hydrogens (primary N) is 1. The van der Waals surface area contributed by atoms with Crippen LogP contribution >= 0.6 is 11.6 Å². The number of hydrogen-bond donors (Lipinski definition) is 3. The van der Waals surface area contributed by atoms with E-state index in [-0.39, 0.29) is 23.1 Å². The second-order valence-corrected chi connectivity index (χ2v) is 10.0. The second-order valence-electron chi connectivity index (χ2n) is 9.61. The van der Waals surface area contributed by atoms with Gasteiger partial charge in [-0.1, -0.05) is 31.5 Å². The van der Waals surface area contributed by atoms with E-state index in [0.717, 1.165) is 36.5 Å². The van der Waals surface area contributed by atoms with Crippen LogP contribution in [-0.2, 0) is 22.6 Å². The average Bonchev–Trinajstić information content (AvgIpc) is 3.22. The lowest BCUT2D eigenvalue weighted by Crippen LogP contribution is -2.29. The number of pyridine rings is 1. The summed E-state index contributed by atoms with van der Waals surface area (Å²) in [6, 6.07) is 3.50. The number of allylic oxidation sites excluding steroid dienone is 2. The lowest BCUT2D eigenvalue weighted by Gasteiger charge is -2.22. The van der Waals surface area contributed by atoms with Gasteiger partial charge in [0.15, 0.2) is 0 Å². The van der Waals surface area contributed by atoms with Crippen LogP contribution in [0.4, 0.5) is 5.82 Å². The van der Waals surface area contributed by atoms with Crippen molar-refractivity contribution in [3.05, 3.63) is 46.4 Å². The van der Waals surface area contributed by atoms with E-state index in [1.54, 1.807) is 12.1 Å². The van der Waals surface area contributed by atoms with Gasteiger partial charge >= 0.3 is 0 Å². The van der Waals surface area contributed by atoms with Gasteiger partial charge in [-0.2, -0.15) is 0 Å². The highest BCUT2D eigenvalue weighted by atomic mass is 35.5. The van der Waals surface area contributed by atoms with Gasteiger partial charge in [0, 0.05) is 42.5 Å². The summed E-state index contributed by atoms with van der Waals surface area (Å²) in [6.07, 6.45) is 6.07. The number of fused-ring (bicyclic) bond motifs is 1. The molecule has 1 aliphatic heterocycles. The molecule has 2 aromatic heterocycles. The van der Waals surface area contributed by atoms with E-state index in [0.29, 0.717) is 34.8 Å². The minimum atomic E-state index is -0.471. The van der Waals surface area contributed by atoms with E-state index in [2.05, 4.69) is 34.0 Å². The summed E-state index contributed by atoms with van der Waals surface area (Å²) in [6.45, 7) is 6.46. The molecule has 9 heteroatoms. The van der Waals surface area contributed by atoms with Crippen LogP contribution in [0, 0.1) is 11.3 Å². The summed E-state index contributed by atoms with van der Waals surface area (Å²) in [4.78, 5) is 40.6. The average molecular weight is 470 g/mol. The molecule has 1 atom stereocenters. The molecule has 0 bridgehead atoms. The molecule has 0 aromatic carbocycles. The van der Waals surface area contributed by atoms with Gasteiger partial charge in [-0.05, 0) is 43.2 Å². The monoisotopic (exact) mass is 469 g/mol. The first kappa shape index (κ1) is 23.0. The van der Waals surface area contributed by atoms with Crippen LogP contribution in [0.3, 0.4) is 0 Å². The van der Waals surface area contributed by atoms with Crippen molar-refractivity contribution in [2.45, 2.75) is 53.0 Å². The summed E-state index contributed by atoms with van der Waals surface area (Å²) in [5.74, 6) is -0.668. The van der Waals surface area contributed by atoms with Crippen molar-refractivity contribution in [3.63, 3.8) is 0 Å². The maximum Gasteiger partial charge on any atom is 0.250 e. The Hall–Kier alpha value is -3.13. The van der Waals surface area contributed by atoms with Gasteiger partial charge in [0.2, 0.25) is 11.8 Å². The zero-order valence-electron chi connectivity index (χ0n) is 19.0. The van der Waals surface area contributed by atoms with Crippen molar-refractivity contribution in [1.82, 2.24) is 14.9 Å². The van der Waals surface area contributed by atoms with Gasteiger partial charge in [-0.3, -0.25) is 14.4 Å². The van der Waals surface area contributed by atoms with Crippen molar-refractivity contribution < 1.29 is 14.4 Å². The Balaban J connectivity index is 1.60. The Morgan fingerprint density at radius 2 is 2.00 bits per heavy atom. The maximum absolute atomic E-state index is 12.9. The van der Waals surface area contributed by atoms with Crippen LogP contribution in [-0.4, -0.2) is 27.3 Å². The van der Waals surface area contributed by atoms with Crippen LogP contribution in [0.1, 0.15) is 56.1 Å². The minimum absolute atomic E-state index is 0.00773. The molecule has 2 aliphatic rings. The van der Waals surface area contributed by atoms with E-state index >= 15 is 0 Å². The summed E-state index contributed by atoms with van der Waals surface area (Å²) >= 11 is 6.49. The number of halogens is 1. The molecule has 174 valence electrons. The predicted molar refractivity (Wildman–Crippen MR) is 127 cm³/mol. The van der Waals surface area contributed by atoms with Crippen molar-refractivity contribution >= 4 is 35.1 Å². The highest BCUT2D eigenvalue weighted by Crippen LogP contribution is 2.41. The second kappa shape index (κ2) is 8.67. The van der Waals surface area contributed by atoms with Gasteiger partial charge in [0.1, 0.15) is 5.82 Å². The highest BCUT2D eigenvalue weighted by Gasteiger charge is 2.34. The molecule has 0 saturated heterocycles. The van der Waals surface area contributed by atoms with E-state index < -0.39 is 5.91 Å². The number of rotatable bonds is 5. The fourth-order valence-corrected chi connectivity index (χ4v) is 4.93. The SMILES string of the molecule is CC(=O)NC1=CCC[C@H](C(=O)Nc2cc(-c3cc(C(N)=O)c4n3CC(C)(C)C4)c(Cl)cn2)C1. The molecule has 0 radical (unpaired) electrons. The lowest BCUT2D eigenvalue weighted by molar-refractivity contribution is -0.121. The first-order valence-electron chi connectivity index (χ1n) is 11.0. The van der Waals surface area contributed by atoms with Crippen molar-refractivity contribution in [1.29, 1.82) is 0 Å². The molecule has 1 aliphatic carbocycles. The van der Waals surface area contributed by atoms with Crippen LogP contribution in [0.5, 0.6) is 0 Å². The Bertz CT molecular complexity index is 1180. The molecule has 3 amide bonds. The molecule has 0 spiro atoms. The number of primary amides is 1. The van der Waals surface area contributed by atoms with Gasteiger partial charge < -0.3 is 20.9 Å². The van der Waals surface area contributed by atoms with E-state index in [4.69, 9.17) is 17.3 Å². The normalized spacial score (nSPS) is 18.9. The Morgan fingerprint density at radius 1 is 1.24 bits per heavy atom. The molecule has 3 heterocycles. The summed E-state index contributed by atoms with van der Waals surface area (Å²) in [7, 11) is 0. The van der Waals surface area contributed by atoms with Gasteiger partial charge in [-0.15, -0.1) is 0 Å². The van der Waals surface area contributed by atoms with Crippen LogP contribution in [0.2, 0.25) is 5.02 Å². The Labute approximate surface area is 197 Å². The largest absolute Gasteiger partial charge is 0.366 e. The number of nitrogens with one attached hydrogen (secondary N) is 2. The van der Waals surface area contributed by atoms with E-state index in [1.165, 1.54) is 13.1 Å². The van der Waals surface area contributed by atoms with Crippen LogP contribution in [0.15, 0.2) is 30.1 Å². The van der Waals surface area contributed by atoms with Crippen molar-refractivity contribution in [3.8, 4) is 11.3 Å². The molecule has 4 N–H and O–H groups in total. The fraction of sp³-hybridized carbons (Fsp3) is 0.417. The maximum atomic E-state index is 12.9. The third-order valence-electron chi connectivity index (χ3n) is 6.17. The minimum Gasteiger partial charge on any atom is -0.366 e. The highest BCUT2D eigenvalue weighted by molar-refractivity contribution is 6.33. The van der Waals surface area contributed by atoms with Gasteiger partial charge in [0.25, 0.3) is 5.91 Å². The smallest absolute Gasteiger partial charge is 0.250 e. The first-order valence-corrected chi connectivity index (χ1v) is 11.4. The number of carbonyl (C=O) groups excluding carboxylic acids is 3. The number of amides is 3. The third kappa shape index (κ3) is 4.80. The third-order valence-corrected chi connectivity index (χ3v) is 6.47. The molecule has 0 saturated carbocycles. The molecular weight excluding hydrogens is 442 g/mol. The molecular formula is C24H28ClN5O3. The lowest BCUT2D eigenvalue weighted by atomic mass is 9.90. The van der Waals surface area contributed by atoms with E-state index in [1.807, 2.05) is 6.08 Å². The Kier molecular flexibility index (Phi) is 6.05. The van der Waals surface area contributed by atoms with Gasteiger partial charge in [-0.25, -0.2) is 4.98 Å². The van der Waals surface area contributed by atoms with Crippen molar-refractivity contribution in [2.75, 3.05) is 5.32 Å². The quantitative estimate of drug-likeness (QED) is 0.619.